The van der Waals surface area contributed by atoms with E-state index in [2.05, 4.69) is 13.8 Å². The Morgan fingerprint density at radius 3 is 2.00 bits per heavy atom. The van der Waals surface area contributed by atoms with Gasteiger partial charge in [0, 0.05) is 19.6 Å². The molecule has 20 heavy (non-hydrogen) atoms. The van der Waals surface area contributed by atoms with E-state index in [4.69, 9.17) is 5.11 Å². The van der Waals surface area contributed by atoms with E-state index in [1.165, 1.54) is 4.90 Å². The second-order valence-electron chi connectivity index (χ2n) is 5.69. The van der Waals surface area contributed by atoms with Gasteiger partial charge in [-0.1, -0.05) is 26.7 Å². The molecule has 1 rings (SSSR count). The summed E-state index contributed by atoms with van der Waals surface area (Å²) < 4.78 is 0. The summed E-state index contributed by atoms with van der Waals surface area (Å²) in [5.41, 5.74) is 0. The summed E-state index contributed by atoms with van der Waals surface area (Å²) in [6, 6.07) is -0.0961. The minimum absolute atomic E-state index is 0.0961. The molecule has 5 heteroatoms. The predicted molar refractivity (Wildman–Crippen MR) is 78.7 cm³/mol. The molecule has 0 aromatic rings. The number of aliphatic carboxylic acids is 1. The molecule has 5 nitrogen and oxygen atoms in total. The van der Waals surface area contributed by atoms with E-state index in [9.17, 15) is 9.59 Å². The zero-order valence-corrected chi connectivity index (χ0v) is 12.8. The first-order chi connectivity index (χ1) is 9.58. The van der Waals surface area contributed by atoms with Crippen molar-refractivity contribution in [3.63, 3.8) is 0 Å². The quantitative estimate of drug-likeness (QED) is 0.671. The minimum Gasteiger partial charge on any atom is -0.480 e. The maximum atomic E-state index is 12.5. The normalized spacial score (nSPS) is 14.1. The first-order valence-corrected chi connectivity index (χ1v) is 7.84. The van der Waals surface area contributed by atoms with Gasteiger partial charge in [-0.2, -0.15) is 0 Å². The second kappa shape index (κ2) is 8.82. The van der Waals surface area contributed by atoms with Gasteiger partial charge in [-0.25, -0.2) is 4.79 Å². The fourth-order valence-electron chi connectivity index (χ4n) is 2.19. The van der Waals surface area contributed by atoms with Crippen molar-refractivity contribution in [2.45, 2.75) is 52.4 Å². The summed E-state index contributed by atoms with van der Waals surface area (Å²) in [5.74, 6) is -0.414. The lowest BCUT2D eigenvalue weighted by molar-refractivity contribution is -0.137. The summed E-state index contributed by atoms with van der Waals surface area (Å²) in [4.78, 5) is 26.8. The predicted octanol–water partition coefficient (Wildman–Crippen LogP) is 2.81. The maximum absolute atomic E-state index is 12.5. The number of unbranched alkanes of at least 4 members (excludes halogenated alkanes) is 2. The summed E-state index contributed by atoms with van der Waals surface area (Å²) in [6.45, 7) is 6.08. The minimum atomic E-state index is -0.926. The van der Waals surface area contributed by atoms with Gasteiger partial charge in [0.2, 0.25) is 0 Å². The fraction of sp³-hybridized carbons (Fsp3) is 0.867. The van der Waals surface area contributed by atoms with Crippen molar-refractivity contribution in [1.29, 1.82) is 0 Å². The lowest BCUT2D eigenvalue weighted by atomic mass is 10.2. The topological polar surface area (TPSA) is 60.9 Å². The van der Waals surface area contributed by atoms with E-state index >= 15 is 0 Å². The van der Waals surface area contributed by atoms with E-state index in [0.717, 1.165) is 51.6 Å². The Balaban J connectivity index is 2.61. The van der Waals surface area contributed by atoms with Gasteiger partial charge in [0.1, 0.15) is 6.54 Å². The molecule has 1 aliphatic carbocycles. The Morgan fingerprint density at radius 1 is 1.05 bits per heavy atom. The summed E-state index contributed by atoms with van der Waals surface area (Å²) in [7, 11) is 0. The number of carbonyl (C=O) groups is 2. The van der Waals surface area contributed by atoms with Crippen molar-refractivity contribution in [1.82, 2.24) is 9.80 Å². The van der Waals surface area contributed by atoms with E-state index in [0.29, 0.717) is 12.5 Å². The van der Waals surface area contributed by atoms with Crippen molar-refractivity contribution in [3.05, 3.63) is 0 Å². The van der Waals surface area contributed by atoms with Crippen LogP contribution in [0.3, 0.4) is 0 Å². The van der Waals surface area contributed by atoms with Gasteiger partial charge in [0.25, 0.3) is 0 Å². The first-order valence-electron chi connectivity index (χ1n) is 7.84. The van der Waals surface area contributed by atoms with Crippen molar-refractivity contribution >= 4 is 12.0 Å². The molecule has 0 aromatic carbocycles. The Kier molecular flexibility index (Phi) is 7.41. The van der Waals surface area contributed by atoms with Crippen molar-refractivity contribution in [3.8, 4) is 0 Å². The number of carboxylic acids is 1. The average Bonchev–Trinajstić information content (AvgIpc) is 3.21. The van der Waals surface area contributed by atoms with Crippen LogP contribution in [0.1, 0.15) is 52.4 Å². The Labute approximate surface area is 121 Å². The molecule has 1 aliphatic rings. The van der Waals surface area contributed by atoms with Gasteiger partial charge < -0.3 is 14.9 Å². The number of hydrogen-bond donors (Lipinski definition) is 1. The monoisotopic (exact) mass is 284 g/mol. The van der Waals surface area contributed by atoms with E-state index < -0.39 is 5.97 Å². The number of amides is 2. The molecule has 2 amide bonds. The highest BCUT2D eigenvalue weighted by Crippen LogP contribution is 2.30. The maximum Gasteiger partial charge on any atom is 0.323 e. The van der Waals surface area contributed by atoms with Crippen LogP contribution in [-0.2, 0) is 4.79 Å². The third-order valence-electron chi connectivity index (χ3n) is 3.61. The summed E-state index contributed by atoms with van der Waals surface area (Å²) in [6.07, 6.45) is 6.26. The van der Waals surface area contributed by atoms with Gasteiger partial charge >= 0.3 is 12.0 Å². The van der Waals surface area contributed by atoms with Crippen molar-refractivity contribution < 1.29 is 14.7 Å². The molecule has 1 fully saturated rings. The number of urea groups is 1. The van der Waals surface area contributed by atoms with Crippen LogP contribution in [0.15, 0.2) is 0 Å². The molecule has 0 aliphatic heterocycles. The number of carbonyl (C=O) groups excluding carboxylic acids is 1. The van der Waals surface area contributed by atoms with Crippen LogP contribution in [0.5, 0.6) is 0 Å². The van der Waals surface area contributed by atoms with Crippen LogP contribution >= 0.6 is 0 Å². The molecule has 0 saturated heterocycles. The van der Waals surface area contributed by atoms with Gasteiger partial charge in [-0.3, -0.25) is 4.79 Å². The molecule has 0 spiro atoms. The van der Waals surface area contributed by atoms with Crippen LogP contribution in [0, 0.1) is 5.92 Å². The van der Waals surface area contributed by atoms with E-state index in [-0.39, 0.29) is 12.6 Å². The molecule has 1 saturated carbocycles. The smallest absolute Gasteiger partial charge is 0.323 e. The van der Waals surface area contributed by atoms with Crippen LogP contribution in [-0.4, -0.2) is 53.1 Å². The van der Waals surface area contributed by atoms with Crippen molar-refractivity contribution in [2.75, 3.05) is 26.2 Å². The standard InChI is InChI=1S/C15H28N2O3/c1-3-5-9-16(10-6-4-2)15(20)17(12-14(18)19)11-13-7-8-13/h13H,3-12H2,1-2H3,(H,18,19). The number of carboxylic acid groups (broad SMARTS) is 1. The van der Waals surface area contributed by atoms with E-state index in [1.807, 2.05) is 4.90 Å². The van der Waals surface area contributed by atoms with Gasteiger partial charge in [0.15, 0.2) is 0 Å². The third kappa shape index (κ3) is 6.26. The SMILES string of the molecule is CCCCN(CCCC)C(=O)N(CC(=O)O)CC1CC1. The Morgan fingerprint density at radius 2 is 1.60 bits per heavy atom. The van der Waals surface area contributed by atoms with Crippen LogP contribution < -0.4 is 0 Å². The first kappa shape index (κ1) is 16.8. The highest BCUT2D eigenvalue weighted by atomic mass is 16.4. The zero-order chi connectivity index (χ0) is 15.0. The molecular formula is C15H28N2O3. The molecule has 1 N–H and O–H groups in total. The summed E-state index contributed by atoms with van der Waals surface area (Å²) in [5, 5.41) is 8.99. The van der Waals surface area contributed by atoms with Crippen molar-refractivity contribution in [2.24, 2.45) is 5.92 Å². The van der Waals surface area contributed by atoms with Gasteiger partial charge in [-0.15, -0.1) is 0 Å². The molecule has 0 atom stereocenters. The zero-order valence-electron chi connectivity index (χ0n) is 12.8. The Hall–Kier alpha value is -1.26. The highest BCUT2D eigenvalue weighted by molar-refractivity contribution is 5.80. The number of nitrogens with zero attached hydrogens (tertiary/aromatic N) is 2. The van der Waals surface area contributed by atoms with Crippen LogP contribution in [0.25, 0.3) is 0 Å². The summed E-state index contributed by atoms with van der Waals surface area (Å²) >= 11 is 0. The van der Waals surface area contributed by atoms with Crippen LogP contribution in [0.4, 0.5) is 4.79 Å². The fourth-order valence-corrected chi connectivity index (χ4v) is 2.19. The number of hydrogen-bond acceptors (Lipinski definition) is 2. The van der Waals surface area contributed by atoms with Gasteiger partial charge in [-0.05, 0) is 31.6 Å². The third-order valence-corrected chi connectivity index (χ3v) is 3.61. The van der Waals surface area contributed by atoms with Gasteiger partial charge in [0.05, 0.1) is 0 Å². The lowest BCUT2D eigenvalue weighted by Crippen LogP contribution is -2.47. The molecule has 0 aromatic heterocycles. The Bertz CT molecular complexity index is 308. The second-order valence-corrected chi connectivity index (χ2v) is 5.69. The van der Waals surface area contributed by atoms with Crippen LogP contribution in [0.2, 0.25) is 0 Å². The molecular weight excluding hydrogens is 256 g/mol. The molecule has 0 heterocycles. The molecule has 0 bridgehead atoms. The molecule has 0 radical (unpaired) electrons. The lowest BCUT2D eigenvalue weighted by Gasteiger charge is -2.30. The largest absolute Gasteiger partial charge is 0.480 e. The molecule has 0 unspecified atom stereocenters. The average molecular weight is 284 g/mol. The molecule has 116 valence electrons. The van der Waals surface area contributed by atoms with E-state index in [1.54, 1.807) is 0 Å². The number of rotatable bonds is 10. The highest BCUT2D eigenvalue weighted by Gasteiger charge is 2.29.